The predicted molar refractivity (Wildman–Crippen MR) is 87.4 cm³/mol. The van der Waals surface area contributed by atoms with E-state index < -0.39 is 0 Å². The molecule has 0 aliphatic rings. The number of aryl methyl sites for hydroxylation is 2. The van der Waals surface area contributed by atoms with E-state index in [1.165, 1.54) is 11.8 Å². The molecule has 1 rings (SSSR count). The van der Waals surface area contributed by atoms with Gasteiger partial charge < -0.3 is 15.4 Å². The van der Waals surface area contributed by atoms with Crippen LogP contribution in [0.2, 0.25) is 0 Å². The lowest BCUT2D eigenvalue weighted by molar-refractivity contribution is -0.117. The molecule has 0 atom stereocenters. The first-order chi connectivity index (χ1) is 10.6. The summed E-state index contributed by atoms with van der Waals surface area (Å²) < 4.78 is 5.18. The van der Waals surface area contributed by atoms with Crippen LogP contribution < -0.4 is 10.6 Å². The first kappa shape index (κ1) is 17.7. The van der Waals surface area contributed by atoms with Crippen molar-refractivity contribution < 1.29 is 9.53 Å². The van der Waals surface area contributed by atoms with Crippen molar-refractivity contribution in [3.8, 4) is 6.07 Å². The van der Waals surface area contributed by atoms with Crippen molar-refractivity contribution in [2.45, 2.75) is 27.2 Å². The Labute approximate surface area is 132 Å². The third-order valence-electron chi connectivity index (χ3n) is 3.21. The molecule has 0 aliphatic carbocycles. The molecule has 0 saturated carbocycles. The fourth-order valence-electron chi connectivity index (χ4n) is 1.75. The second kappa shape index (κ2) is 9.59. The molecule has 1 aromatic carbocycles. The Morgan fingerprint density at radius 1 is 1.36 bits per heavy atom. The minimum atomic E-state index is -0.379. The van der Waals surface area contributed by atoms with Gasteiger partial charge in [-0.25, -0.2) is 0 Å². The summed E-state index contributed by atoms with van der Waals surface area (Å²) in [5.74, 6) is -0.379. The molecule has 5 nitrogen and oxygen atoms in total. The van der Waals surface area contributed by atoms with Gasteiger partial charge in [0.15, 0.2) is 0 Å². The van der Waals surface area contributed by atoms with Crippen LogP contribution in [-0.2, 0) is 9.53 Å². The van der Waals surface area contributed by atoms with E-state index >= 15 is 0 Å². The van der Waals surface area contributed by atoms with Gasteiger partial charge in [0.05, 0.1) is 0 Å². The van der Waals surface area contributed by atoms with Gasteiger partial charge >= 0.3 is 0 Å². The molecule has 1 amide bonds. The van der Waals surface area contributed by atoms with Crippen LogP contribution in [-0.4, -0.2) is 25.7 Å². The lowest BCUT2D eigenvalue weighted by Crippen LogP contribution is -2.26. The highest BCUT2D eigenvalue weighted by atomic mass is 16.5. The maximum atomic E-state index is 11.9. The molecule has 0 fully saturated rings. The Hall–Kier alpha value is -2.32. The van der Waals surface area contributed by atoms with Crippen LogP contribution in [0.3, 0.4) is 0 Å². The first-order valence-electron chi connectivity index (χ1n) is 7.38. The minimum Gasteiger partial charge on any atom is -0.382 e. The summed E-state index contributed by atoms with van der Waals surface area (Å²) in [6, 6.07) is 7.78. The van der Waals surface area contributed by atoms with E-state index in [0.717, 1.165) is 17.7 Å². The highest BCUT2D eigenvalue weighted by Gasteiger charge is 2.07. The monoisotopic (exact) mass is 301 g/mol. The molecule has 1 aromatic rings. The molecule has 0 heterocycles. The molecule has 0 radical (unpaired) electrons. The van der Waals surface area contributed by atoms with Gasteiger partial charge in [0, 0.05) is 31.6 Å². The average Bonchev–Trinajstić information content (AvgIpc) is 2.51. The predicted octanol–water partition coefficient (Wildman–Crippen LogP) is 2.67. The number of nitriles is 1. The van der Waals surface area contributed by atoms with Crippen LogP contribution in [0.25, 0.3) is 0 Å². The average molecular weight is 301 g/mol. The van der Waals surface area contributed by atoms with E-state index in [9.17, 15) is 4.79 Å². The van der Waals surface area contributed by atoms with E-state index in [-0.39, 0.29) is 11.5 Å². The summed E-state index contributed by atoms with van der Waals surface area (Å²) >= 11 is 0. The molecule has 0 bridgehead atoms. The molecule has 0 saturated heterocycles. The lowest BCUT2D eigenvalue weighted by Gasteiger charge is -2.07. The third kappa shape index (κ3) is 5.98. The molecular weight excluding hydrogens is 278 g/mol. The van der Waals surface area contributed by atoms with Gasteiger partial charge in [-0.05, 0) is 50.5 Å². The largest absolute Gasteiger partial charge is 0.382 e. The number of carbonyl (C=O) groups is 1. The fraction of sp³-hybridized carbons (Fsp3) is 0.412. The quantitative estimate of drug-likeness (QED) is 0.440. The number of hydrogen-bond acceptors (Lipinski definition) is 4. The summed E-state index contributed by atoms with van der Waals surface area (Å²) in [7, 11) is 0. The van der Waals surface area contributed by atoms with Gasteiger partial charge in [0.1, 0.15) is 11.6 Å². The van der Waals surface area contributed by atoms with Gasteiger partial charge in [-0.1, -0.05) is 6.07 Å². The molecular formula is C17H23N3O2. The highest BCUT2D eigenvalue weighted by Crippen LogP contribution is 2.14. The van der Waals surface area contributed by atoms with Gasteiger partial charge in [-0.3, -0.25) is 4.79 Å². The van der Waals surface area contributed by atoms with Crippen LogP contribution >= 0.6 is 0 Å². The zero-order chi connectivity index (χ0) is 16.4. The Morgan fingerprint density at radius 3 is 2.77 bits per heavy atom. The number of ether oxygens (including phenoxy) is 1. The Bertz CT molecular complexity index is 574. The number of carbonyl (C=O) groups excluding carboxylic acids is 1. The second-order valence-corrected chi connectivity index (χ2v) is 4.92. The SMILES string of the molecule is CCOCCCNC(=O)/C(C#N)=C\Nc1ccc(C)c(C)c1. The third-order valence-corrected chi connectivity index (χ3v) is 3.21. The summed E-state index contributed by atoms with van der Waals surface area (Å²) in [6.07, 6.45) is 2.16. The van der Waals surface area contributed by atoms with Crippen LogP contribution in [0.4, 0.5) is 5.69 Å². The van der Waals surface area contributed by atoms with Crippen molar-refractivity contribution in [2.75, 3.05) is 25.1 Å². The van der Waals surface area contributed by atoms with E-state index in [0.29, 0.717) is 19.8 Å². The van der Waals surface area contributed by atoms with Crippen molar-refractivity contribution in [3.63, 3.8) is 0 Å². The van der Waals surface area contributed by atoms with Crippen molar-refractivity contribution >= 4 is 11.6 Å². The molecule has 0 aromatic heterocycles. The van der Waals surface area contributed by atoms with Crippen molar-refractivity contribution in [2.24, 2.45) is 0 Å². The van der Waals surface area contributed by atoms with E-state index in [2.05, 4.69) is 10.6 Å². The first-order valence-corrected chi connectivity index (χ1v) is 7.38. The molecule has 5 heteroatoms. The summed E-state index contributed by atoms with van der Waals surface area (Å²) in [6.45, 7) is 7.72. The normalized spacial score (nSPS) is 10.9. The van der Waals surface area contributed by atoms with E-state index in [4.69, 9.17) is 10.00 Å². The summed E-state index contributed by atoms with van der Waals surface area (Å²) in [5.41, 5.74) is 3.24. The van der Waals surface area contributed by atoms with Gasteiger partial charge in [-0.2, -0.15) is 5.26 Å². The molecule has 0 unspecified atom stereocenters. The molecule has 0 spiro atoms. The van der Waals surface area contributed by atoms with Crippen LogP contribution in [0.1, 0.15) is 24.5 Å². The van der Waals surface area contributed by atoms with Crippen molar-refractivity contribution in [1.29, 1.82) is 5.26 Å². The summed E-state index contributed by atoms with van der Waals surface area (Å²) in [4.78, 5) is 11.9. The fourth-order valence-corrected chi connectivity index (χ4v) is 1.75. The Kier molecular flexibility index (Phi) is 7.73. The van der Waals surface area contributed by atoms with Crippen LogP contribution in [0, 0.1) is 25.2 Å². The number of rotatable bonds is 8. The molecule has 0 aliphatic heterocycles. The van der Waals surface area contributed by atoms with E-state index in [1.54, 1.807) is 0 Å². The highest BCUT2D eigenvalue weighted by molar-refractivity contribution is 5.97. The number of anilines is 1. The smallest absolute Gasteiger partial charge is 0.263 e. The maximum absolute atomic E-state index is 11.9. The second-order valence-electron chi connectivity index (χ2n) is 4.92. The Morgan fingerprint density at radius 2 is 2.14 bits per heavy atom. The number of nitrogens with zero attached hydrogens (tertiary/aromatic N) is 1. The zero-order valence-corrected chi connectivity index (χ0v) is 13.4. The summed E-state index contributed by atoms with van der Waals surface area (Å²) in [5, 5.41) is 14.8. The minimum absolute atomic E-state index is 0.0506. The van der Waals surface area contributed by atoms with Crippen LogP contribution in [0.15, 0.2) is 30.0 Å². The van der Waals surface area contributed by atoms with Crippen molar-refractivity contribution in [3.05, 3.63) is 41.1 Å². The molecule has 2 N–H and O–H groups in total. The van der Waals surface area contributed by atoms with Gasteiger partial charge in [0.25, 0.3) is 5.91 Å². The zero-order valence-electron chi connectivity index (χ0n) is 13.4. The number of hydrogen-bond donors (Lipinski definition) is 2. The lowest BCUT2D eigenvalue weighted by atomic mass is 10.1. The standard InChI is InChI=1S/C17H23N3O2/c1-4-22-9-5-8-19-17(21)15(11-18)12-20-16-7-6-13(2)14(3)10-16/h6-7,10,12,20H,4-5,8-9H2,1-3H3,(H,19,21)/b15-12-. The number of amides is 1. The van der Waals surface area contributed by atoms with Crippen molar-refractivity contribution in [1.82, 2.24) is 5.32 Å². The molecule has 22 heavy (non-hydrogen) atoms. The Balaban J connectivity index is 2.53. The maximum Gasteiger partial charge on any atom is 0.263 e. The number of benzene rings is 1. The van der Waals surface area contributed by atoms with Gasteiger partial charge in [-0.15, -0.1) is 0 Å². The van der Waals surface area contributed by atoms with Gasteiger partial charge in [0.2, 0.25) is 0 Å². The number of nitrogens with one attached hydrogen (secondary N) is 2. The van der Waals surface area contributed by atoms with Crippen LogP contribution in [0.5, 0.6) is 0 Å². The topological polar surface area (TPSA) is 74.1 Å². The van der Waals surface area contributed by atoms with E-state index in [1.807, 2.05) is 45.0 Å². The molecule has 118 valence electrons.